The Kier molecular flexibility index (Phi) is 7.14. The maximum Gasteiger partial charge on any atom is 0.132 e. The molecule has 0 saturated heterocycles. The number of aliphatic hydroxyl groups is 1. The number of benzene rings is 1. The molecular formula is C14H23NO5. The fourth-order valence-corrected chi connectivity index (χ4v) is 1.91. The summed E-state index contributed by atoms with van der Waals surface area (Å²) in [6.07, 6.45) is 0.189. The topological polar surface area (TPSA) is 83.2 Å². The molecule has 6 nitrogen and oxygen atoms in total. The fraction of sp³-hybridized carbons (Fsp3) is 0.571. The Hall–Kier alpha value is -1.50. The number of hydrogen-bond acceptors (Lipinski definition) is 6. The standard InChI is InChI=1S/C14H23NO5/c1-17-10-7-11(18-2)14(12(8-10)19-3)13(9-15)20-6-4-5-16/h7-8,13,16H,4-6,9,15H2,1-3H3. The molecule has 0 spiro atoms. The van der Waals surface area contributed by atoms with Crippen molar-refractivity contribution in [2.75, 3.05) is 41.1 Å². The zero-order chi connectivity index (χ0) is 15.0. The lowest BCUT2D eigenvalue weighted by Crippen LogP contribution is -2.18. The van der Waals surface area contributed by atoms with Gasteiger partial charge in [-0.2, -0.15) is 0 Å². The van der Waals surface area contributed by atoms with Gasteiger partial charge in [0.05, 0.1) is 26.9 Å². The smallest absolute Gasteiger partial charge is 0.132 e. The summed E-state index contributed by atoms with van der Waals surface area (Å²) in [6.45, 7) is 0.773. The first-order valence-electron chi connectivity index (χ1n) is 6.44. The van der Waals surface area contributed by atoms with Gasteiger partial charge in [0.2, 0.25) is 0 Å². The van der Waals surface area contributed by atoms with Gasteiger partial charge in [0, 0.05) is 31.9 Å². The van der Waals surface area contributed by atoms with Crippen molar-refractivity contribution in [1.29, 1.82) is 0 Å². The lowest BCUT2D eigenvalue weighted by atomic mass is 10.1. The van der Waals surface area contributed by atoms with Crippen LogP contribution in [0.25, 0.3) is 0 Å². The van der Waals surface area contributed by atoms with Gasteiger partial charge in [-0.05, 0) is 6.42 Å². The number of ether oxygens (including phenoxy) is 4. The molecule has 6 heteroatoms. The molecule has 0 saturated carbocycles. The molecule has 0 bridgehead atoms. The highest BCUT2D eigenvalue weighted by molar-refractivity contribution is 5.52. The van der Waals surface area contributed by atoms with Crippen molar-refractivity contribution in [3.05, 3.63) is 17.7 Å². The van der Waals surface area contributed by atoms with Crippen LogP contribution in [0.5, 0.6) is 17.2 Å². The summed E-state index contributed by atoms with van der Waals surface area (Å²) in [5.41, 5.74) is 6.52. The number of aliphatic hydroxyl groups excluding tert-OH is 1. The largest absolute Gasteiger partial charge is 0.496 e. The van der Waals surface area contributed by atoms with Crippen LogP contribution in [0.15, 0.2) is 12.1 Å². The van der Waals surface area contributed by atoms with E-state index in [1.54, 1.807) is 33.5 Å². The van der Waals surface area contributed by atoms with Gasteiger partial charge in [0.15, 0.2) is 0 Å². The van der Waals surface area contributed by atoms with Crippen LogP contribution >= 0.6 is 0 Å². The summed E-state index contributed by atoms with van der Waals surface area (Å²) in [6, 6.07) is 3.52. The second kappa shape index (κ2) is 8.63. The van der Waals surface area contributed by atoms with Gasteiger partial charge in [0.1, 0.15) is 23.4 Å². The molecule has 1 aromatic carbocycles. The van der Waals surface area contributed by atoms with E-state index < -0.39 is 0 Å². The summed E-state index contributed by atoms with van der Waals surface area (Å²) >= 11 is 0. The molecule has 0 fully saturated rings. The molecule has 0 aromatic heterocycles. The molecule has 0 aliphatic heterocycles. The monoisotopic (exact) mass is 285 g/mol. The van der Waals surface area contributed by atoms with E-state index in [1.165, 1.54) is 0 Å². The summed E-state index contributed by atoms with van der Waals surface area (Å²) in [5, 5.41) is 8.82. The second-order valence-electron chi connectivity index (χ2n) is 4.12. The van der Waals surface area contributed by atoms with Crippen LogP contribution in [-0.4, -0.2) is 46.2 Å². The molecule has 1 aromatic rings. The predicted molar refractivity (Wildman–Crippen MR) is 75.5 cm³/mol. The Morgan fingerprint density at radius 1 is 1.10 bits per heavy atom. The van der Waals surface area contributed by atoms with Crippen molar-refractivity contribution in [3.8, 4) is 17.2 Å². The third kappa shape index (κ3) is 4.00. The van der Waals surface area contributed by atoms with Crippen LogP contribution in [0, 0.1) is 0 Å². The van der Waals surface area contributed by atoms with E-state index in [4.69, 9.17) is 29.8 Å². The quantitative estimate of drug-likeness (QED) is 0.661. The third-order valence-electron chi connectivity index (χ3n) is 2.91. The van der Waals surface area contributed by atoms with Gasteiger partial charge in [-0.1, -0.05) is 0 Å². The molecule has 1 atom stereocenters. The minimum atomic E-state index is -0.364. The zero-order valence-corrected chi connectivity index (χ0v) is 12.2. The molecule has 0 amide bonds. The Morgan fingerprint density at radius 3 is 2.10 bits per heavy atom. The first-order valence-corrected chi connectivity index (χ1v) is 6.44. The van der Waals surface area contributed by atoms with Crippen LogP contribution in [-0.2, 0) is 4.74 Å². The van der Waals surface area contributed by atoms with E-state index in [0.29, 0.717) is 30.3 Å². The Balaban J connectivity index is 3.10. The lowest BCUT2D eigenvalue weighted by molar-refractivity contribution is 0.0458. The summed E-state index contributed by atoms with van der Waals surface area (Å²) in [4.78, 5) is 0. The van der Waals surface area contributed by atoms with E-state index in [-0.39, 0.29) is 19.3 Å². The average Bonchev–Trinajstić information content (AvgIpc) is 2.50. The summed E-state index contributed by atoms with van der Waals surface area (Å²) in [5.74, 6) is 1.83. The average molecular weight is 285 g/mol. The number of hydrogen-bond donors (Lipinski definition) is 2. The second-order valence-corrected chi connectivity index (χ2v) is 4.12. The molecule has 0 heterocycles. The molecule has 0 aliphatic carbocycles. The van der Waals surface area contributed by atoms with Crippen molar-refractivity contribution < 1.29 is 24.1 Å². The first kappa shape index (κ1) is 16.6. The van der Waals surface area contributed by atoms with Crippen molar-refractivity contribution in [2.45, 2.75) is 12.5 Å². The van der Waals surface area contributed by atoms with E-state index in [1.807, 2.05) is 0 Å². The minimum Gasteiger partial charge on any atom is -0.496 e. The van der Waals surface area contributed by atoms with Gasteiger partial charge in [0.25, 0.3) is 0 Å². The molecule has 0 aliphatic rings. The van der Waals surface area contributed by atoms with Crippen LogP contribution in [0.2, 0.25) is 0 Å². The fourth-order valence-electron chi connectivity index (χ4n) is 1.91. The Bertz CT molecular complexity index is 386. The third-order valence-corrected chi connectivity index (χ3v) is 2.91. The lowest BCUT2D eigenvalue weighted by Gasteiger charge is -2.22. The van der Waals surface area contributed by atoms with E-state index in [0.717, 1.165) is 5.56 Å². The minimum absolute atomic E-state index is 0.0776. The normalized spacial score (nSPS) is 12.1. The highest BCUT2D eigenvalue weighted by Gasteiger charge is 2.22. The van der Waals surface area contributed by atoms with Gasteiger partial charge >= 0.3 is 0 Å². The summed E-state index contributed by atoms with van der Waals surface area (Å²) < 4.78 is 21.6. The first-order chi connectivity index (χ1) is 9.71. The van der Waals surface area contributed by atoms with Crippen molar-refractivity contribution in [2.24, 2.45) is 5.73 Å². The molecule has 114 valence electrons. The van der Waals surface area contributed by atoms with Crippen LogP contribution in [0.1, 0.15) is 18.1 Å². The van der Waals surface area contributed by atoms with Gasteiger partial charge in [-0.3, -0.25) is 0 Å². The van der Waals surface area contributed by atoms with E-state index >= 15 is 0 Å². The van der Waals surface area contributed by atoms with Gasteiger partial charge in [-0.25, -0.2) is 0 Å². The Morgan fingerprint density at radius 2 is 1.70 bits per heavy atom. The van der Waals surface area contributed by atoms with Crippen LogP contribution < -0.4 is 19.9 Å². The number of nitrogens with two attached hydrogens (primary N) is 1. The number of methoxy groups -OCH3 is 3. The molecule has 20 heavy (non-hydrogen) atoms. The maximum atomic E-state index is 8.82. The van der Waals surface area contributed by atoms with Crippen LogP contribution in [0.3, 0.4) is 0 Å². The van der Waals surface area contributed by atoms with Gasteiger partial charge < -0.3 is 29.8 Å². The molecule has 0 radical (unpaired) electrons. The molecule has 1 unspecified atom stereocenters. The maximum absolute atomic E-state index is 8.82. The number of rotatable bonds is 9. The van der Waals surface area contributed by atoms with E-state index in [9.17, 15) is 0 Å². The highest BCUT2D eigenvalue weighted by atomic mass is 16.5. The molecule has 1 rings (SSSR count). The molecule has 3 N–H and O–H groups in total. The zero-order valence-electron chi connectivity index (χ0n) is 12.2. The van der Waals surface area contributed by atoms with Gasteiger partial charge in [-0.15, -0.1) is 0 Å². The SMILES string of the molecule is COc1cc(OC)c(C(CN)OCCCO)c(OC)c1. The van der Waals surface area contributed by atoms with Crippen molar-refractivity contribution in [3.63, 3.8) is 0 Å². The summed E-state index contributed by atoms with van der Waals surface area (Å²) in [7, 11) is 4.71. The van der Waals surface area contributed by atoms with E-state index in [2.05, 4.69) is 0 Å². The molecular weight excluding hydrogens is 262 g/mol. The predicted octanol–water partition coefficient (Wildman–Crippen LogP) is 1.11. The van der Waals surface area contributed by atoms with Crippen molar-refractivity contribution in [1.82, 2.24) is 0 Å². The highest BCUT2D eigenvalue weighted by Crippen LogP contribution is 2.39. The van der Waals surface area contributed by atoms with Crippen molar-refractivity contribution >= 4 is 0 Å². The van der Waals surface area contributed by atoms with Crippen LogP contribution in [0.4, 0.5) is 0 Å². The Labute approximate surface area is 119 Å².